The van der Waals surface area contributed by atoms with E-state index in [2.05, 4.69) is 40.5 Å². The van der Waals surface area contributed by atoms with E-state index in [-0.39, 0.29) is 0 Å². The second kappa shape index (κ2) is 6.76. The van der Waals surface area contributed by atoms with Crippen molar-refractivity contribution in [1.29, 1.82) is 0 Å². The van der Waals surface area contributed by atoms with Crippen LogP contribution in [0.25, 0.3) is 0 Å². The number of aryl methyl sites for hydroxylation is 1. The van der Waals surface area contributed by atoms with E-state index < -0.39 is 0 Å². The van der Waals surface area contributed by atoms with Crippen molar-refractivity contribution in [2.75, 3.05) is 24.5 Å². The summed E-state index contributed by atoms with van der Waals surface area (Å²) >= 11 is 0. The van der Waals surface area contributed by atoms with E-state index in [1.54, 1.807) is 0 Å². The highest BCUT2D eigenvalue weighted by Crippen LogP contribution is 2.33. The summed E-state index contributed by atoms with van der Waals surface area (Å²) in [7, 11) is 0. The molecule has 2 aliphatic heterocycles. The van der Waals surface area contributed by atoms with Crippen LogP contribution in [0.5, 0.6) is 0 Å². The maximum Gasteiger partial charge on any atom is 0.225 e. The van der Waals surface area contributed by atoms with Gasteiger partial charge in [-0.15, -0.1) is 0 Å². The van der Waals surface area contributed by atoms with Crippen LogP contribution < -0.4 is 4.90 Å². The first kappa shape index (κ1) is 16.7. The summed E-state index contributed by atoms with van der Waals surface area (Å²) in [6.45, 7) is 12.6. The minimum atomic E-state index is 0.317. The number of piperidine rings is 1. The van der Waals surface area contributed by atoms with Crippen molar-refractivity contribution in [3.8, 4) is 0 Å². The summed E-state index contributed by atoms with van der Waals surface area (Å²) in [5.41, 5.74) is 1.45. The highest BCUT2D eigenvalue weighted by atomic mass is 15.3. The quantitative estimate of drug-likeness (QED) is 0.852. The summed E-state index contributed by atoms with van der Waals surface area (Å²) in [5.74, 6) is 1.77. The van der Waals surface area contributed by atoms with E-state index in [0.717, 1.165) is 36.6 Å². The van der Waals surface area contributed by atoms with Crippen LogP contribution in [-0.4, -0.2) is 46.1 Å². The Balaban J connectivity index is 1.52. The first-order valence-electron chi connectivity index (χ1n) is 9.24. The predicted octanol–water partition coefficient (Wildman–Crippen LogP) is 3.65. The smallest absolute Gasteiger partial charge is 0.225 e. The molecule has 3 heterocycles. The van der Waals surface area contributed by atoms with Crippen LogP contribution in [0.15, 0.2) is 12.4 Å². The standard InChI is InChI=1S/C19H32N4/c1-15-13-20-18(21-14-15)22-10-7-16(8-11-22)12-17-6-5-9-23(17)19(2,3)4/h13-14,16-17H,5-12H2,1-4H3. The Kier molecular flexibility index (Phi) is 4.90. The summed E-state index contributed by atoms with van der Waals surface area (Å²) in [4.78, 5) is 14.1. The zero-order valence-corrected chi connectivity index (χ0v) is 15.3. The maximum atomic E-state index is 4.48. The molecule has 1 atom stereocenters. The fourth-order valence-electron chi connectivity index (χ4n) is 4.27. The second-order valence-corrected chi connectivity index (χ2v) is 8.39. The van der Waals surface area contributed by atoms with Gasteiger partial charge in [0.1, 0.15) is 0 Å². The SMILES string of the molecule is Cc1cnc(N2CCC(CC3CCCN3C(C)(C)C)CC2)nc1. The fourth-order valence-corrected chi connectivity index (χ4v) is 4.27. The minimum Gasteiger partial charge on any atom is -0.341 e. The van der Waals surface area contributed by atoms with E-state index in [0.29, 0.717) is 5.54 Å². The first-order valence-corrected chi connectivity index (χ1v) is 9.24. The average molecular weight is 316 g/mol. The molecule has 23 heavy (non-hydrogen) atoms. The van der Waals surface area contributed by atoms with E-state index in [1.165, 1.54) is 38.6 Å². The van der Waals surface area contributed by atoms with Gasteiger partial charge >= 0.3 is 0 Å². The number of likely N-dealkylation sites (tertiary alicyclic amines) is 1. The van der Waals surface area contributed by atoms with Crippen molar-refractivity contribution in [2.24, 2.45) is 5.92 Å². The average Bonchev–Trinajstić information content (AvgIpc) is 2.97. The van der Waals surface area contributed by atoms with Crippen molar-refractivity contribution < 1.29 is 0 Å². The van der Waals surface area contributed by atoms with Crippen molar-refractivity contribution in [1.82, 2.24) is 14.9 Å². The second-order valence-electron chi connectivity index (χ2n) is 8.39. The molecule has 1 aromatic heterocycles. The Morgan fingerprint density at radius 2 is 1.70 bits per heavy atom. The predicted molar refractivity (Wildman–Crippen MR) is 95.8 cm³/mol. The van der Waals surface area contributed by atoms with Gasteiger partial charge in [0.05, 0.1) is 0 Å². The van der Waals surface area contributed by atoms with Crippen molar-refractivity contribution in [3.63, 3.8) is 0 Å². The number of aromatic nitrogens is 2. The zero-order valence-electron chi connectivity index (χ0n) is 15.3. The van der Waals surface area contributed by atoms with Crippen LogP contribution in [0.1, 0.15) is 58.4 Å². The molecule has 128 valence electrons. The summed E-state index contributed by atoms with van der Waals surface area (Å²) in [5, 5.41) is 0. The Labute approximate surface area is 141 Å². The number of anilines is 1. The lowest BCUT2D eigenvalue weighted by Crippen LogP contribution is -2.46. The zero-order chi connectivity index (χ0) is 16.4. The lowest BCUT2D eigenvalue weighted by molar-refractivity contribution is 0.102. The topological polar surface area (TPSA) is 32.3 Å². The lowest BCUT2D eigenvalue weighted by Gasteiger charge is -2.40. The molecule has 2 aliphatic rings. The van der Waals surface area contributed by atoms with Crippen molar-refractivity contribution >= 4 is 5.95 Å². The molecule has 0 radical (unpaired) electrons. The molecule has 1 aromatic rings. The van der Waals surface area contributed by atoms with Gasteiger partial charge in [-0.1, -0.05) is 0 Å². The van der Waals surface area contributed by atoms with Gasteiger partial charge in [-0.25, -0.2) is 9.97 Å². The molecule has 2 fully saturated rings. The Morgan fingerprint density at radius 3 is 2.30 bits per heavy atom. The summed E-state index contributed by atoms with van der Waals surface area (Å²) < 4.78 is 0. The number of rotatable bonds is 3. The Bertz CT molecular complexity index is 497. The highest BCUT2D eigenvalue weighted by molar-refractivity contribution is 5.30. The molecule has 0 spiro atoms. The van der Waals surface area contributed by atoms with Gasteiger partial charge in [0, 0.05) is 37.1 Å². The molecular formula is C19H32N4. The van der Waals surface area contributed by atoms with Gasteiger partial charge in [0.15, 0.2) is 0 Å². The van der Waals surface area contributed by atoms with Crippen LogP contribution in [0.2, 0.25) is 0 Å². The third-order valence-electron chi connectivity index (χ3n) is 5.51. The molecule has 0 amide bonds. The van der Waals surface area contributed by atoms with Crippen LogP contribution in [0.4, 0.5) is 5.95 Å². The van der Waals surface area contributed by atoms with E-state index in [1.807, 2.05) is 19.3 Å². The summed E-state index contributed by atoms with van der Waals surface area (Å²) in [6, 6.07) is 0.794. The number of hydrogen-bond acceptors (Lipinski definition) is 4. The minimum absolute atomic E-state index is 0.317. The normalized spacial score (nSPS) is 24.3. The molecule has 4 heteroatoms. The van der Waals surface area contributed by atoms with Crippen molar-refractivity contribution in [2.45, 2.75) is 71.4 Å². The molecule has 0 bridgehead atoms. The maximum absolute atomic E-state index is 4.48. The first-order chi connectivity index (χ1) is 10.9. The molecule has 0 aliphatic carbocycles. The third kappa shape index (κ3) is 4.03. The van der Waals surface area contributed by atoms with Crippen LogP contribution >= 0.6 is 0 Å². The van der Waals surface area contributed by atoms with Crippen LogP contribution in [0, 0.1) is 12.8 Å². The van der Waals surface area contributed by atoms with Gasteiger partial charge in [0.2, 0.25) is 5.95 Å². The Hall–Kier alpha value is -1.16. The van der Waals surface area contributed by atoms with Crippen LogP contribution in [0.3, 0.4) is 0 Å². The molecule has 1 unspecified atom stereocenters. The largest absolute Gasteiger partial charge is 0.341 e. The molecule has 0 N–H and O–H groups in total. The molecular weight excluding hydrogens is 284 g/mol. The van der Waals surface area contributed by atoms with Gasteiger partial charge in [-0.05, 0) is 77.8 Å². The van der Waals surface area contributed by atoms with Gasteiger partial charge in [-0.2, -0.15) is 0 Å². The van der Waals surface area contributed by atoms with Gasteiger partial charge in [0.25, 0.3) is 0 Å². The van der Waals surface area contributed by atoms with E-state index >= 15 is 0 Å². The fraction of sp³-hybridized carbons (Fsp3) is 0.789. The van der Waals surface area contributed by atoms with E-state index in [9.17, 15) is 0 Å². The molecule has 2 saturated heterocycles. The van der Waals surface area contributed by atoms with Crippen molar-refractivity contribution in [3.05, 3.63) is 18.0 Å². The third-order valence-corrected chi connectivity index (χ3v) is 5.51. The molecule has 0 aromatic carbocycles. The highest BCUT2D eigenvalue weighted by Gasteiger charge is 2.34. The van der Waals surface area contributed by atoms with E-state index in [4.69, 9.17) is 0 Å². The lowest BCUT2D eigenvalue weighted by atomic mass is 9.88. The summed E-state index contributed by atoms with van der Waals surface area (Å²) in [6.07, 6.45) is 10.6. The van der Waals surface area contributed by atoms with Gasteiger partial charge < -0.3 is 4.90 Å². The van der Waals surface area contributed by atoms with Gasteiger partial charge in [-0.3, -0.25) is 4.90 Å². The monoisotopic (exact) mass is 316 g/mol. The number of hydrogen-bond donors (Lipinski definition) is 0. The Morgan fingerprint density at radius 1 is 1.04 bits per heavy atom. The number of nitrogens with zero attached hydrogens (tertiary/aromatic N) is 4. The van der Waals surface area contributed by atoms with Crippen LogP contribution in [-0.2, 0) is 0 Å². The molecule has 3 rings (SSSR count). The molecule has 0 saturated carbocycles. The molecule has 4 nitrogen and oxygen atoms in total.